The van der Waals surface area contributed by atoms with Gasteiger partial charge in [-0.3, -0.25) is 9.69 Å². The van der Waals surface area contributed by atoms with E-state index < -0.39 is 0 Å². The lowest BCUT2D eigenvalue weighted by Crippen LogP contribution is -2.36. The fraction of sp³-hybridized carbons (Fsp3) is 0.786. The maximum absolute atomic E-state index is 11.1. The molecule has 0 spiro atoms. The molecule has 0 aromatic heterocycles. The van der Waals surface area contributed by atoms with Gasteiger partial charge in [-0.15, -0.1) is 0 Å². The monoisotopic (exact) mass is 240 g/mol. The molecular formula is C14H28N2O. The third-order valence-corrected chi connectivity index (χ3v) is 2.91. The highest BCUT2D eigenvalue weighted by atomic mass is 16.1. The molecule has 0 radical (unpaired) electrons. The molecule has 0 bridgehead atoms. The van der Waals surface area contributed by atoms with Gasteiger partial charge in [0.25, 0.3) is 0 Å². The molecule has 1 atom stereocenters. The Labute approximate surface area is 106 Å². The van der Waals surface area contributed by atoms with Gasteiger partial charge in [0.1, 0.15) is 0 Å². The molecule has 17 heavy (non-hydrogen) atoms. The largest absolute Gasteiger partial charge is 0.366 e. The minimum Gasteiger partial charge on any atom is -0.366 e. The van der Waals surface area contributed by atoms with Crippen LogP contribution in [0.3, 0.4) is 0 Å². The molecule has 0 aromatic rings. The Hall–Kier alpha value is -0.830. The predicted molar refractivity (Wildman–Crippen MR) is 73.8 cm³/mol. The second-order valence-corrected chi connectivity index (χ2v) is 4.61. The number of nitrogens with two attached hydrogens (primary N) is 1. The lowest BCUT2D eigenvalue weighted by molar-refractivity contribution is -0.114. The van der Waals surface area contributed by atoms with Crippen LogP contribution in [0.15, 0.2) is 11.6 Å². The van der Waals surface area contributed by atoms with Crippen LogP contribution < -0.4 is 5.73 Å². The lowest BCUT2D eigenvalue weighted by Gasteiger charge is -2.29. The van der Waals surface area contributed by atoms with Gasteiger partial charge in [0.15, 0.2) is 0 Å². The standard InChI is InChI=1S/C14H28N2O/c1-5-8-13(11-12(4)14(15)17)16(9-6-2)10-7-3/h11,13H,5-10H2,1-4H3,(H2,15,17)/b12-11+. The third kappa shape index (κ3) is 6.47. The van der Waals surface area contributed by atoms with Crippen molar-refractivity contribution in [2.45, 2.75) is 59.4 Å². The molecule has 0 aromatic carbocycles. The molecule has 0 aliphatic carbocycles. The van der Waals surface area contributed by atoms with Crippen molar-refractivity contribution >= 4 is 5.91 Å². The highest BCUT2D eigenvalue weighted by molar-refractivity contribution is 5.91. The summed E-state index contributed by atoms with van der Waals surface area (Å²) in [6, 6.07) is 0.354. The van der Waals surface area contributed by atoms with Crippen molar-refractivity contribution in [2.75, 3.05) is 13.1 Å². The van der Waals surface area contributed by atoms with Gasteiger partial charge in [-0.2, -0.15) is 0 Å². The van der Waals surface area contributed by atoms with Crippen LogP contribution in [-0.4, -0.2) is 29.9 Å². The molecular weight excluding hydrogens is 212 g/mol. The number of rotatable bonds is 9. The summed E-state index contributed by atoms with van der Waals surface area (Å²) in [5.41, 5.74) is 5.98. The van der Waals surface area contributed by atoms with Gasteiger partial charge < -0.3 is 5.73 Å². The summed E-state index contributed by atoms with van der Waals surface area (Å²) in [7, 11) is 0. The van der Waals surface area contributed by atoms with E-state index in [9.17, 15) is 4.79 Å². The topological polar surface area (TPSA) is 46.3 Å². The first-order chi connectivity index (χ1) is 8.06. The number of carbonyl (C=O) groups is 1. The Morgan fingerprint density at radius 1 is 1.18 bits per heavy atom. The Bertz CT molecular complexity index is 243. The van der Waals surface area contributed by atoms with E-state index >= 15 is 0 Å². The first-order valence-electron chi connectivity index (χ1n) is 6.79. The van der Waals surface area contributed by atoms with E-state index in [1.165, 1.54) is 0 Å². The summed E-state index contributed by atoms with van der Waals surface area (Å²) in [5, 5.41) is 0. The molecule has 1 unspecified atom stereocenters. The summed E-state index contributed by atoms with van der Waals surface area (Å²) in [6.45, 7) is 10.5. The summed E-state index contributed by atoms with van der Waals surface area (Å²) in [6.07, 6.45) is 6.53. The van der Waals surface area contributed by atoms with Crippen LogP contribution in [0.4, 0.5) is 0 Å². The minimum absolute atomic E-state index is 0.306. The summed E-state index contributed by atoms with van der Waals surface area (Å²) >= 11 is 0. The van der Waals surface area contributed by atoms with Crippen LogP contribution in [0.2, 0.25) is 0 Å². The molecule has 1 amide bonds. The SMILES string of the molecule is CCCC(/C=C(\C)C(N)=O)N(CCC)CCC. The maximum Gasteiger partial charge on any atom is 0.244 e. The van der Waals surface area contributed by atoms with E-state index in [2.05, 4.69) is 25.7 Å². The summed E-state index contributed by atoms with van der Waals surface area (Å²) < 4.78 is 0. The number of hydrogen-bond acceptors (Lipinski definition) is 2. The number of primary amides is 1. The predicted octanol–water partition coefficient (Wildman–Crippen LogP) is 2.71. The van der Waals surface area contributed by atoms with Gasteiger partial charge in [-0.25, -0.2) is 0 Å². The van der Waals surface area contributed by atoms with Gasteiger partial charge in [0.2, 0.25) is 5.91 Å². The first kappa shape index (κ1) is 16.2. The van der Waals surface area contributed by atoms with E-state index in [1.807, 2.05) is 6.08 Å². The van der Waals surface area contributed by atoms with Crippen molar-refractivity contribution in [2.24, 2.45) is 5.73 Å². The van der Waals surface area contributed by atoms with Crippen molar-refractivity contribution in [3.05, 3.63) is 11.6 Å². The van der Waals surface area contributed by atoms with Crippen LogP contribution in [0.25, 0.3) is 0 Å². The molecule has 0 rings (SSSR count). The van der Waals surface area contributed by atoms with E-state index in [0.717, 1.165) is 38.8 Å². The third-order valence-electron chi connectivity index (χ3n) is 2.91. The van der Waals surface area contributed by atoms with E-state index in [1.54, 1.807) is 6.92 Å². The highest BCUT2D eigenvalue weighted by Gasteiger charge is 2.15. The van der Waals surface area contributed by atoms with Crippen molar-refractivity contribution < 1.29 is 4.79 Å². The number of hydrogen-bond donors (Lipinski definition) is 1. The van der Waals surface area contributed by atoms with E-state index in [-0.39, 0.29) is 5.91 Å². The molecule has 3 heteroatoms. The molecule has 0 fully saturated rings. The highest BCUT2D eigenvalue weighted by Crippen LogP contribution is 2.12. The zero-order valence-electron chi connectivity index (χ0n) is 11.8. The van der Waals surface area contributed by atoms with Crippen LogP contribution in [0, 0.1) is 0 Å². The zero-order chi connectivity index (χ0) is 13.3. The Kier molecular flexibility index (Phi) is 8.78. The van der Waals surface area contributed by atoms with E-state index in [4.69, 9.17) is 5.73 Å². The molecule has 2 N–H and O–H groups in total. The minimum atomic E-state index is -0.306. The summed E-state index contributed by atoms with van der Waals surface area (Å²) in [4.78, 5) is 13.6. The smallest absolute Gasteiger partial charge is 0.244 e. The Morgan fingerprint density at radius 3 is 2.06 bits per heavy atom. The van der Waals surface area contributed by atoms with Crippen molar-refractivity contribution in [3.63, 3.8) is 0 Å². The lowest BCUT2D eigenvalue weighted by atomic mass is 10.1. The summed E-state index contributed by atoms with van der Waals surface area (Å²) in [5.74, 6) is -0.306. The molecule has 3 nitrogen and oxygen atoms in total. The maximum atomic E-state index is 11.1. The van der Waals surface area contributed by atoms with E-state index in [0.29, 0.717) is 11.6 Å². The second-order valence-electron chi connectivity index (χ2n) is 4.61. The average Bonchev–Trinajstić information content (AvgIpc) is 2.28. The van der Waals surface area contributed by atoms with Crippen molar-refractivity contribution in [1.82, 2.24) is 4.90 Å². The molecule has 0 heterocycles. The fourth-order valence-electron chi connectivity index (χ4n) is 2.06. The van der Waals surface area contributed by atoms with Crippen LogP contribution >= 0.6 is 0 Å². The number of carbonyl (C=O) groups excluding carboxylic acids is 1. The van der Waals surface area contributed by atoms with Gasteiger partial charge >= 0.3 is 0 Å². The molecule has 0 aliphatic rings. The van der Waals surface area contributed by atoms with Gasteiger partial charge in [0.05, 0.1) is 0 Å². The van der Waals surface area contributed by atoms with Crippen LogP contribution in [-0.2, 0) is 4.79 Å². The molecule has 0 saturated heterocycles. The van der Waals surface area contributed by atoms with Crippen LogP contribution in [0.1, 0.15) is 53.4 Å². The number of nitrogens with zero attached hydrogens (tertiary/aromatic N) is 1. The number of amides is 1. The van der Waals surface area contributed by atoms with Crippen molar-refractivity contribution in [3.8, 4) is 0 Å². The normalized spacial score (nSPS) is 14.1. The Balaban J connectivity index is 4.76. The van der Waals surface area contributed by atoms with Gasteiger partial charge in [-0.1, -0.05) is 33.3 Å². The molecule has 100 valence electrons. The fourth-order valence-corrected chi connectivity index (χ4v) is 2.06. The van der Waals surface area contributed by atoms with Crippen molar-refractivity contribution in [1.29, 1.82) is 0 Å². The zero-order valence-corrected chi connectivity index (χ0v) is 11.8. The van der Waals surface area contributed by atoms with Gasteiger partial charge in [0, 0.05) is 11.6 Å². The van der Waals surface area contributed by atoms with Crippen LogP contribution in [0.5, 0.6) is 0 Å². The second kappa shape index (κ2) is 9.23. The average molecular weight is 240 g/mol. The Morgan fingerprint density at radius 2 is 1.71 bits per heavy atom. The van der Waals surface area contributed by atoms with Gasteiger partial charge in [-0.05, 0) is 39.3 Å². The quantitative estimate of drug-likeness (QED) is 0.630. The molecule has 0 aliphatic heterocycles. The molecule has 0 saturated carbocycles. The first-order valence-corrected chi connectivity index (χ1v) is 6.79.